The van der Waals surface area contributed by atoms with Crippen LogP contribution in [-0.4, -0.2) is 21.7 Å². The highest BCUT2D eigenvalue weighted by atomic mass is 16.2. The average Bonchev–Trinajstić information content (AvgIpc) is 2.17. The van der Waals surface area contributed by atoms with Crippen molar-refractivity contribution in [2.45, 2.75) is 26.4 Å². The monoisotopic (exact) mass is 211 g/mol. The third kappa shape index (κ3) is 3.06. The fourth-order valence-electron chi connectivity index (χ4n) is 1.28. The first-order valence-corrected chi connectivity index (χ1v) is 5.02. The first-order valence-electron chi connectivity index (χ1n) is 5.02. The number of nitrogens with zero attached hydrogens (tertiary/aromatic N) is 2. The minimum absolute atomic E-state index is 0.247. The molecule has 15 heavy (non-hydrogen) atoms. The molecule has 1 N–H and O–H groups in total. The molecule has 0 spiro atoms. The second-order valence-corrected chi connectivity index (χ2v) is 3.81. The highest BCUT2D eigenvalue weighted by Gasteiger charge is 2.02. The molecule has 0 aliphatic rings. The normalized spacial score (nSPS) is 10.9. The maximum Gasteiger partial charge on any atom is 0.330 e. The number of nitrogens with one attached hydrogen (secondary N) is 1. The van der Waals surface area contributed by atoms with E-state index in [2.05, 4.69) is 5.32 Å². The molecule has 1 rings (SSSR count). The van der Waals surface area contributed by atoms with Crippen molar-refractivity contribution in [1.29, 1.82) is 0 Å². The van der Waals surface area contributed by atoms with Gasteiger partial charge in [0.05, 0.1) is 0 Å². The molecule has 5 nitrogen and oxygen atoms in total. The highest BCUT2D eigenvalue weighted by Crippen LogP contribution is 1.78. The van der Waals surface area contributed by atoms with Crippen molar-refractivity contribution in [2.75, 3.05) is 6.54 Å². The minimum Gasteiger partial charge on any atom is -0.313 e. The van der Waals surface area contributed by atoms with E-state index in [4.69, 9.17) is 0 Å². The average molecular weight is 211 g/mol. The van der Waals surface area contributed by atoms with Gasteiger partial charge in [0, 0.05) is 38.4 Å². The summed E-state index contributed by atoms with van der Waals surface area (Å²) >= 11 is 0. The van der Waals surface area contributed by atoms with Crippen molar-refractivity contribution < 1.29 is 0 Å². The molecule has 0 radical (unpaired) electrons. The lowest BCUT2D eigenvalue weighted by Gasteiger charge is -2.09. The van der Waals surface area contributed by atoms with Gasteiger partial charge in [-0.1, -0.05) is 13.8 Å². The second kappa shape index (κ2) is 4.93. The van der Waals surface area contributed by atoms with Crippen LogP contribution in [0.15, 0.2) is 21.9 Å². The number of aromatic nitrogens is 2. The van der Waals surface area contributed by atoms with Crippen LogP contribution >= 0.6 is 0 Å². The third-order valence-corrected chi connectivity index (χ3v) is 2.13. The Morgan fingerprint density at radius 3 is 2.67 bits per heavy atom. The second-order valence-electron chi connectivity index (χ2n) is 3.81. The Morgan fingerprint density at radius 1 is 1.40 bits per heavy atom. The summed E-state index contributed by atoms with van der Waals surface area (Å²) in [5.41, 5.74) is -0.517. The summed E-state index contributed by atoms with van der Waals surface area (Å²) in [6, 6.07) is 1.75. The van der Waals surface area contributed by atoms with E-state index in [1.54, 1.807) is 7.05 Å². The molecule has 5 heteroatoms. The Labute approximate surface area is 88.4 Å². The van der Waals surface area contributed by atoms with Gasteiger partial charge in [-0.15, -0.1) is 0 Å². The Morgan fingerprint density at radius 2 is 2.07 bits per heavy atom. The predicted molar refractivity (Wildman–Crippen MR) is 59.1 cm³/mol. The fraction of sp³-hybridized carbons (Fsp3) is 0.600. The zero-order chi connectivity index (χ0) is 11.4. The van der Waals surface area contributed by atoms with Gasteiger partial charge in [0.1, 0.15) is 0 Å². The maximum atomic E-state index is 11.6. The molecule has 0 unspecified atom stereocenters. The van der Waals surface area contributed by atoms with Crippen molar-refractivity contribution in [3.8, 4) is 0 Å². The molecule has 1 heterocycles. The van der Waals surface area contributed by atoms with Crippen LogP contribution in [0.5, 0.6) is 0 Å². The van der Waals surface area contributed by atoms with Gasteiger partial charge in [0.25, 0.3) is 5.56 Å². The molecule has 0 saturated heterocycles. The Hall–Kier alpha value is -1.36. The zero-order valence-electron chi connectivity index (χ0n) is 9.36. The summed E-state index contributed by atoms with van der Waals surface area (Å²) in [5, 5.41) is 3.16. The maximum absolute atomic E-state index is 11.6. The van der Waals surface area contributed by atoms with Gasteiger partial charge in [0.15, 0.2) is 0 Å². The molecule has 0 atom stereocenters. The summed E-state index contributed by atoms with van der Waals surface area (Å²) < 4.78 is 2.63. The topological polar surface area (TPSA) is 56.0 Å². The van der Waals surface area contributed by atoms with E-state index in [-0.39, 0.29) is 11.2 Å². The van der Waals surface area contributed by atoms with E-state index in [0.29, 0.717) is 19.1 Å². The standard InChI is InChI=1S/C10H17N3O2/c1-8(2)11-5-7-13-9(14)4-6-12(3)10(13)15/h4,6,8,11H,5,7H2,1-3H3. The van der Waals surface area contributed by atoms with Crippen LogP contribution in [0.25, 0.3) is 0 Å². The molecule has 0 fully saturated rings. The Balaban J connectivity index is 2.81. The Bertz CT molecular complexity index is 431. The van der Waals surface area contributed by atoms with Crippen LogP contribution in [0.3, 0.4) is 0 Å². The van der Waals surface area contributed by atoms with E-state index in [1.165, 1.54) is 21.4 Å². The summed E-state index contributed by atoms with van der Waals surface area (Å²) in [4.78, 5) is 23.0. The van der Waals surface area contributed by atoms with Gasteiger partial charge >= 0.3 is 5.69 Å². The van der Waals surface area contributed by atoms with Crippen molar-refractivity contribution in [2.24, 2.45) is 7.05 Å². The SMILES string of the molecule is CC(C)NCCn1c(=O)ccn(C)c1=O. The molecule has 0 aliphatic carbocycles. The molecular weight excluding hydrogens is 194 g/mol. The smallest absolute Gasteiger partial charge is 0.313 e. The lowest BCUT2D eigenvalue weighted by Crippen LogP contribution is -2.41. The summed E-state index contributed by atoms with van der Waals surface area (Å²) in [5.74, 6) is 0. The van der Waals surface area contributed by atoms with Gasteiger partial charge in [-0.2, -0.15) is 0 Å². The number of rotatable bonds is 4. The molecule has 0 aromatic carbocycles. The van der Waals surface area contributed by atoms with Crippen LogP contribution in [0.4, 0.5) is 0 Å². The lowest BCUT2D eigenvalue weighted by atomic mass is 10.4. The van der Waals surface area contributed by atoms with E-state index < -0.39 is 0 Å². The van der Waals surface area contributed by atoms with Crippen molar-refractivity contribution in [1.82, 2.24) is 14.5 Å². The molecule has 1 aromatic rings. The van der Waals surface area contributed by atoms with E-state index in [1.807, 2.05) is 13.8 Å². The van der Waals surface area contributed by atoms with Crippen molar-refractivity contribution >= 4 is 0 Å². The Kier molecular flexibility index (Phi) is 3.85. The van der Waals surface area contributed by atoms with E-state index >= 15 is 0 Å². The van der Waals surface area contributed by atoms with Gasteiger partial charge < -0.3 is 9.88 Å². The molecule has 0 saturated carbocycles. The van der Waals surface area contributed by atoms with Gasteiger partial charge in [0.2, 0.25) is 0 Å². The van der Waals surface area contributed by atoms with Crippen LogP contribution < -0.4 is 16.6 Å². The van der Waals surface area contributed by atoms with Crippen molar-refractivity contribution in [3.05, 3.63) is 33.1 Å². The molecule has 84 valence electrons. The minimum atomic E-state index is -0.270. The van der Waals surface area contributed by atoms with Gasteiger partial charge in [-0.25, -0.2) is 4.79 Å². The van der Waals surface area contributed by atoms with Gasteiger partial charge in [-0.05, 0) is 0 Å². The number of aryl methyl sites for hydroxylation is 1. The van der Waals surface area contributed by atoms with Crippen LogP contribution in [-0.2, 0) is 13.6 Å². The van der Waals surface area contributed by atoms with Gasteiger partial charge in [-0.3, -0.25) is 9.36 Å². The quantitative estimate of drug-likeness (QED) is 0.733. The lowest BCUT2D eigenvalue weighted by molar-refractivity contribution is 0.511. The largest absolute Gasteiger partial charge is 0.330 e. The summed E-state index contributed by atoms with van der Waals surface area (Å²) in [7, 11) is 1.63. The summed E-state index contributed by atoms with van der Waals surface area (Å²) in [6.07, 6.45) is 1.48. The van der Waals surface area contributed by atoms with Crippen LogP contribution in [0, 0.1) is 0 Å². The molecule has 1 aromatic heterocycles. The number of hydrogen-bond donors (Lipinski definition) is 1. The number of hydrogen-bond acceptors (Lipinski definition) is 3. The molecular formula is C10H17N3O2. The molecule has 0 amide bonds. The molecule has 0 aliphatic heterocycles. The zero-order valence-corrected chi connectivity index (χ0v) is 9.36. The first kappa shape index (κ1) is 11.7. The predicted octanol–water partition coefficient (Wildman–Crippen LogP) is -0.455. The fourth-order valence-corrected chi connectivity index (χ4v) is 1.28. The highest BCUT2D eigenvalue weighted by molar-refractivity contribution is 4.85. The van der Waals surface area contributed by atoms with Crippen LogP contribution in [0.2, 0.25) is 0 Å². The molecule has 0 bridgehead atoms. The third-order valence-electron chi connectivity index (χ3n) is 2.13. The van der Waals surface area contributed by atoms with E-state index in [0.717, 1.165) is 0 Å². The first-order chi connectivity index (χ1) is 7.02. The van der Waals surface area contributed by atoms with E-state index in [9.17, 15) is 9.59 Å². The van der Waals surface area contributed by atoms with Crippen molar-refractivity contribution in [3.63, 3.8) is 0 Å². The van der Waals surface area contributed by atoms with Crippen LogP contribution in [0.1, 0.15) is 13.8 Å². The summed E-state index contributed by atoms with van der Waals surface area (Å²) in [6.45, 7) is 5.07.